The quantitative estimate of drug-likeness (QED) is 0.800. The van der Waals surface area contributed by atoms with Gasteiger partial charge >= 0.3 is 0 Å². The van der Waals surface area contributed by atoms with Crippen LogP contribution < -0.4 is 5.73 Å². The molecule has 0 spiro atoms. The molecule has 0 unspecified atom stereocenters. The molecule has 70 valence electrons. The van der Waals surface area contributed by atoms with Gasteiger partial charge in [-0.1, -0.05) is 12.1 Å². The molecule has 0 saturated carbocycles. The summed E-state index contributed by atoms with van der Waals surface area (Å²) in [6.07, 6.45) is 0. The number of thiophene rings is 1. The maximum absolute atomic E-state index is 10.9. The number of carbonyl (C=O) groups is 1. The molecule has 14 heavy (non-hydrogen) atoms. The minimum Gasteiger partial charge on any atom is -0.366 e. The predicted octanol–water partition coefficient (Wildman–Crippen LogP) is 2.51. The van der Waals surface area contributed by atoms with Crippen LogP contribution in [0.5, 0.6) is 0 Å². The maximum atomic E-state index is 10.9. The third-order valence-corrected chi connectivity index (χ3v) is 2.68. The van der Waals surface area contributed by atoms with Crippen LogP contribution in [0.25, 0.3) is 11.1 Å². The summed E-state index contributed by atoms with van der Waals surface area (Å²) in [6, 6.07) is 9.36. The lowest BCUT2D eigenvalue weighted by atomic mass is 10.1. The highest BCUT2D eigenvalue weighted by atomic mass is 32.1. The van der Waals surface area contributed by atoms with E-state index in [1.807, 2.05) is 35.0 Å². The first kappa shape index (κ1) is 8.97. The Hall–Kier alpha value is -1.61. The molecule has 1 amide bonds. The van der Waals surface area contributed by atoms with Gasteiger partial charge in [-0.05, 0) is 40.1 Å². The summed E-state index contributed by atoms with van der Waals surface area (Å²) >= 11 is 1.63. The number of benzene rings is 1. The lowest BCUT2D eigenvalue weighted by molar-refractivity contribution is 0.100. The van der Waals surface area contributed by atoms with E-state index in [2.05, 4.69) is 0 Å². The fraction of sp³-hybridized carbons (Fsp3) is 0. The van der Waals surface area contributed by atoms with E-state index in [1.54, 1.807) is 17.4 Å². The van der Waals surface area contributed by atoms with Gasteiger partial charge < -0.3 is 5.73 Å². The van der Waals surface area contributed by atoms with Gasteiger partial charge in [0.15, 0.2) is 0 Å². The van der Waals surface area contributed by atoms with Gasteiger partial charge in [-0.25, -0.2) is 0 Å². The van der Waals surface area contributed by atoms with Gasteiger partial charge in [-0.2, -0.15) is 11.3 Å². The molecule has 0 radical (unpaired) electrons. The Balaban J connectivity index is 2.46. The maximum Gasteiger partial charge on any atom is 0.248 e. The van der Waals surface area contributed by atoms with Crippen LogP contribution in [-0.4, -0.2) is 5.91 Å². The first-order chi connectivity index (χ1) is 6.77. The Labute approximate surface area is 86.0 Å². The largest absolute Gasteiger partial charge is 0.366 e. The first-order valence-corrected chi connectivity index (χ1v) is 5.14. The molecule has 1 heterocycles. The van der Waals surface area contributed by atoms with Crippen molar-refractivity contribution in [2.45, 2.75) is 0 Å². The summed E-state index contributed by atoms with van der Waals surface area (Å²) in [6.45, 7) is 0. The predicted molar refractivity (Wildman–Crippen MR) is 58.3 cm³/mol. The van der Waals surface area contributed by atoms with Crippen molar-refractivity contribution in [1.29, 1.82) is 0 Å². The fourth-order valence-electron chi connectivity index (χ4n) is 1.28. The van der Waals surface area contributed by atoms with Crippen molar-refractivity contribution in [2.24, 2.45) is 5.73 Å². The monoisotopic (exact) mass is 203 g/mol. The second-order valence-corrected chi connectivity index (χ2v) is 3.74. The van der Waals surface area contributed by atoms with Gasteiger partial charge in [-0.15, -0.1) is 0 Å². The molecule has 1 aromatic carbocycles. The highest BCUT2D eigenvalue weighted by Crippen LogP contribution is 2.22. The molecule has 1 aromatic heterocycles. The molecule has 2 nitrogen and oxygen atoms in total. The topological polar surface area (TPSA) is 43.1 Å². The van der Waals surface area contributed by atoms with Crippen molar-refractivity contribution in [3.63, 3.8) is 0 Å². The molecule has 2 N–H and O–H groups in total. The summed E-state index contributed by atoms with van der Waals surface area (Å²) in [4.78, 5) is 10.9. The van der Waals surface area contributed by atoms with Crippen LogP contribution in [0.15, 0.2) is 41.1 Å². The van der Waals surface area contributed by atoms with Crippen LogP contribution in [0.2, 0.25) is 0 Å². The average Bonchev–Trinajstić information content (AvgIpc) is 2.71. The highest BCUT2D eigenvalue weighted by molar-refractivity contribution is 7.08. The molecular formula is C11H9NOS. The number of hydrogen-bond donors (Lipinski definition) is 1. The van der Waals surface area contributed by atoms with Crippen LogP contribution in [0, 0.1) is 0 Å². The number of rotatable bonds is 2. The zero-order valence-corrected chi connectivity index (χ0v) is 8.25. The molecule has 0 bridgehead atoms. The van der Waals surface area contributed by atoms with Gasteiger partial charge in [0.1, 0.15) is 0 Å². The number of hydrogen-bond acceptors (Lipinski definition) is 2. The smallest absolute Gasteiger partial charge is 0.248 e. The van der Waals surface area contributed by atoms with Crippen LogP contribution in [-0.2, 0) is 0 Å². The van der Waals surface area contributed by atoms with E-state index in [-0.39, 0.29) is 5.91 Å². The van der Waals surface area contributed by atoms with Crippen molar-refractivity contribution in [2.75, 3.05) is 0 Å². The third-order valence-electron chi connectivity index (χ3n) is 2.00. The Morgan fingerprint density at radius 3 is 2.71 bits per heavy atom. The van der Waals surface area contributed by atoms with Gasteiger partial charge in [0.05, 0.1) is 0 Å². The molecule has 2 rings (SSSR count). The first-order valence-electron chi connectivity index (χ1n) is 4.20. The number of carbonyl (C=O) groups excluding carboxylic acids is 1. The minimum absolute atomic E-state index is 0.387. The number of nitrogens with two attached hydrogens (primary N) is 1. The van der Waals surface area contributed by atoms with Gasteiger partial charge in [-0.3, -0.25) is 4.79 Å². The summed E-state index contributed by atoms with van der Waals surface area (Å²) in [5.41, 5.74) is 7.90. The summed E-state index contributed by atoms with van der Waals surface area (Å²) in [5, 5.41) is 4.05. The van der Waals surface area contributed by atoms with E-state index >= 15 is 0 Å². The fourth-order valence-corrected chi connectivity index (χ4v) is 1.95. The van der Waals surface area contributed by atoms with Crippen molar-refractivity contribution < 1.29 is 4.79 Å². The second kappa shape index (κ2) is 3.64. The summed E-state index contributed by atoms with van der Waals surface area (Å²) < 4.78 is 0. The molecule has 3 heteroatoms. The Kier molecular flexibility index (Phi) is 2.33. The Morgan fingerprint density at radius 2 is 2.07 bits per heavy atom. The summed E-state index contributed by atoms with van der Waals surface area (Å²) in [5.74, 6) is -0.387. The summed E-state index contributed by atoms with van der Waals surface area (Å²) in [7, 11) is 0. The molecule has 2 aromatic rings. The highest BCUT2D eigenvalue weighted by Gasteiger charge is 2.02. The lowest BCUT2D eigenvalue weighted by Crippen LogP contribution is -2.10. The van der Waals surface area contributed by atoms with E-state index in [4.69, 9.17) is 5.73 Å². The van der Waals surface area contributed by atoms with Crippen molar-refractivity contribution in [1.82, 2.24) is 0 Å². The number of primary amides is 1. The molecule has 0 aliphatic heterocycles. The standard InChI is InChI=1S/C11H9NOS/c12-11(13)9-3-1-2-8(6-9)10-4-5-14-7-10/h1-7H,(H2,12,13). The van der Waals surface area contributed by atoms with Crippen molar-refractivity contribution >= 4 is 17.2 Å². The molecule has 0 aliphatic carbocycles. The van der Waals surface area contributed by atoms with E-state index in [9.17, 15) is 4.79 Å². The Bertz CT molecular complexity index is 448. The van der Waals surface area contributed by atoms with E-state index in [1.165, 1.54) is 0 Å². The molecular weight excluding hydrogens is 194 g/mol. The molecule has 0 fully saturated rings. The van der Waals surface area contributed by atoms with Crippen molar-refractivity contribution in [3.8, 4) is 11.1 Å². The van der Waals surface area contributed by atoms with E-state index < -0.39 is 0 Å². The van der Waals surface area contributed by atoms with Crippen LogP contribution in [0.3, 0.4) is 0 Å². The zero-order valence-electron chi connectivity index (χ0n) is 7.44. The molecule has 0 saturated heterocycles. The SMILES string of the molecule is NC(=O)c1cccc(-c2ccsc2)c1. The zero-order chi connectivity index (χ0) is 9.97. The molecule has 0 aliphatic rings. The van der Waals surface area contributed by atoms with Crippen molar-refractivity contribution in [3.05, 3.63) is 46.7 Å². The minimum atomic E-state index is -0.387. The van der Waals surface area contributed by atoms with Gasteiger partial charge in [0, 0.05) is 5.56 Å². The van der Waals surface area contributed by atoms with Crippen LogP contribution in [0.1, 0.15) is 10.4 Å². The van der Waals surface area contributed by atoms with Crippen LogP contribution >= 0.6 is 11.3 Å². The van der Waals surface area contributed by atoms with Gasteiger partial charge in [0.25, 0.3) is 0 Å². The lowest BCUT2D eigenvalue weighted by Gasteiger charge is -1.99. The van der Waals surface area contributed by atoms with E-state index in [0.717, 1.165) is 11.1 Å². The second-order valence-electron chi connectivity index (χ2n) is 2.96. The third kappa shape index (κ3) is 1.67. The number of amides is 1. The average molecular weight is 203 g/mol. The normalized spacial score (nSPS) is 10.0. The van der Waals surface area contributed by atoms with Gasteiger partial charge in [0.2, 0.25) is 5.91 Å². The molecule has 0 atom stereocenters. The Morgan fingerprint density at radius 1 is 1.21 bits per heavy atom. The van der Waals surface area contributed by atoms with Crippen LogP contribution in [0.4, 0.5) is 0 Å². The van der Waals surface area contributed by atoms with E-state index in [0.29, 0.717) is 5.56 Å².